The highest BCUT2D eigenvalue weighted by molar-refractivity contribution is 9.10. The van der Waals surface area contributed by atoms with E-state index in [2.05, 4.69) is 36.5 Å². The van der Waals surface area contributed by atoms with Gasteiger partial charge in [-0.05, 0) is 64.3 Å². The number of benzene rings is 2. The van der Waals surface area contributed by atoms with Crippen LogP contribution in [0.5, 0.6) is 5.75 Å². The summed E-state index contributed by atoms with van der Waals surface area (Å²) in [5.74, 6) is -0.722. The number of halogens is 2. The van der Waals surface area contributed by atoms with Crippen LogP contribution in [0.4, 0.5) is 5.69 Å². The van der Waals surface area contributed by atoms with Crippen molar-refractivity contribution in [2.24, 2.45) is 5.10 Å². The van der Waals surface area contributed by atoms with Crippen LogP contribution in [0.1, 0.15) is 24.0 Å². The first kappa shape index (κ1) is 24.4. The second kappa shape index (κ2) is 12.1. The Morgan fingerprint density at radius 1 is 1.13 bits per heavy atom. The summed E-state index contributed by atoms with van der Waals surface area (Å²) in [7, 11) is 1.28. The van der Waals surface area contributed by atoms with E-state index < -0.39 is 11.9 Å². The summed E-state index contributed by atoms with van der Waals surface area (Å²) < 4.78 is 10.4. The van der Waals surface area contributed by atoms with Crippen molar-refractivity contribution < 1.29 is 23.9 Å². The molecule has 164 valence electrons. The number of esters is 1. The van der Waals surface area contributed by atoms with Crippen molar-refractivity contribution in [2.45, 2.75) is 19.8 Å². The number of anilines is 1. The van der Waals surface area contributed by atoms with Gasteiger partial charge in [0.05, 0.1) is 17.8 Å². The molecule has 0 aromatic heterocycles. The average molecular weight is 511 g/mol. The molecule has 8 nitrogen and oxygen atoms in total. The molecule has 0 radical (unpaired) electrons. The van der Waals surface area contributed by atoms with Crippen molar-refractivity contribution in [1.82, 2.24) is 5.43 Å². The van der Waals surface area contributed by atoms with Crippen LogP contribution in [-0.4, -0.2) is 37.7 Å². The SMILES string of the molecule is COC(=O)COc1ccc(C=NNC(=O)CCC(=O)Nc2ccc(C)c(Cl)c2)cc1Br. The second-order valence-corrected chi connectivity index (χ2v) is 7.62. The van der Waals surface area contributed by atoms with Crippen LogP contribution in [0.15, 0.2) is 46.0 Å². The molecule has 2 aromatic carbocycles. The normalized spacial score (nSPS) is 10.6. The summed E-state index contributed by atoms with van der Waals surface area (Å²) in [6.45, 7) is 1.66. The van der Waals surface area contributed by atoms with Crippen LogP contribution in [0, 0.1) is 6.92 Å². The average Bonchev–Trinajstić information content (AvgIpc) is 2.74. The lowest BCUT2D eigenvalue weighted by Crippen LogP contribution is -2.20. The fourth-order valence-electron chi connectivity index (χ4n) is 2.27. The van der Waals surface area contributed by atoms with Crippen LogP contribution < -0.4 is 15.5 Å². The second-order valence-electron chi connectivity index (χ2n) is 6.36. The van der Waals surface area contributed by atoms with E-state index in [4.69, 9.17) is 16.3 Å². The van der Waals surface area contributed by atoms with Crippen LogP contribution in [0.25, 0.3) is 0 Å². The zero-order valence-electron chi connectivity index (χ0n) is 16.9. The smallest absolute Gasteiger partial charge is 0.343 e. The van der Waals surface area contributed by atoms with Gasteiger partial charge >= 0.3 is 5.97 Å². The first-order valence-corrected chi connectivity index (χ1v) is 10.3. The Balaban J connectivity index is 1.77. The molecule has 0 aliphatic heterocycles. The topological polar surface area (TPSA) is 106 Å². The Hall–Kier alpha value is -2.91. The molecule has 0 atom stereocenters. The number of hydrogen-bond donors (Lipinski definition) is 2. The molecule has 2 aromatic rings. The lowest BCUT2D eigenvalue weighted by molar-refractivity contribution is -0.142. The Bertz CT molecular complexity index is 997. The van der Waals surface area contributed by atoms with Crippen LogP contribution >= 0.6 is 27.5 Å². The molecule has 2 N–H and O–H groups in total. The molecule has 31 heavy (non-hydrogen) atoms. The zero-order valence-corrected chi connectivity index (χ0v) is 19.2. The minimum atomic E-state index is -0.489. The molecular weight excluding hydrogens is 490 g/mol. The Morgan fingerprint density at radius 2 is 1.87 bits per heavy atom. The van der Waals surface area contributed by atoms with Gasteiger partial charge in [0, 0.05) is 23.6 Å². The van der Waals surface area contributed by atoms with E-state index >= 15 is 0 Å². The summed E-state index contributed by atoms with van der Waals surface area (Å²) in [5, 5.41) is 7.12. The lowest BCUT2D eigenvalue weighted by Gasteiger charge is -2.07. The number of aryl methyl sites for hydroxylation is 1. The maximum Gasteiger partial charge on any atom is 0.343 e. The lowest BCUT2D eigenvalue weighted by atomic mass is 10.2. The van der Waals surface area contributed by atoms with Crippen LogP contribution in [-0.2, 0) is 19.1 Å². The number of amides is 2. The number of hydrazone groups is 1. The number of rotatable bonds is 9. The van der Waals surface area contributed by atoms with E-state index in [9.17, 15) is 14.4 Å². The Kier molecular flexibility index (Phi) is 9.48. The standard InChI is InChI=1S/C21H21BrClN3O5/c1-13-3-5-15(10-17(13)23)25-19(27)7-8-20(28)26-24-11-14-4-6-18(16(22)9-14)31-12-21(29)30-2/h3-6,9-11H,7-8,12H2,1-2H3,(H,25,27)(H,26,28). The predicted octanol–water partition coefficient (Wildman–Crippen LogP) is 3.83. The number of ether oxygens (including phenoxy) is 2. The minimum absolute atomic E-state index is 0.00459. The third kappa shape index (κ3) is 8.39. The van der Waals surface area contributed by atoms with E-state index in [1.807, 2.05) is 6.92 Å². The van der Waals surface area contributed by atoms with Crippen molar-refractivity contribution in [2.75, 3.05) is 19.0 Å². The molecule has 10 heteroatoms. The van der Waals surface area contributed by atoms with E-state index in [0.29, 0.717) is 26.5 Å². The summed E-state index contributed by atoms with van der Waals surface area (Å²) in [6, 6.07) is 10.3. The van der Waals surface area contributed by atoms with Gasteiger partial charge in [-0.15, -0.1) is 0 Å². The van der Waals surface area contributed by atoms with Crippen LogP contribution in [0.2, 0.25) is 5.02 Å². The number of carbonyl (C=O) groups excluding carboxylic acids is 3. The molecule has 0 aliphatic rings. The van der Waals surface area contributed by atoms with Crippen molar-refractivity contribution in [3.63, 3.8) is 0 Å². The largest absolute Gasteiger partial charge is 0.481 e. The Morgan fingerprint density at radius 3 is 2.55 bits per heavy atom. The third-order valence-corrected chi connectivity index (χ3v) is 4.99. The maximum atomic E-state index is 12.0. The minimum Gasteiger partial charge on any atom is -0.481 e. The fraction of sp³-hybridized carbons (Fsp3) is 0.238. The van der Waals surface area contributed by atoms with Crippen LogP contribution in [0.3, 0.4) is 0 Å². The van der Waals surface area contributed by atoms with Crippen molar-refractivity contribution in [1.29, 1.82) is 0 Å². The highest BCUT2D eigenvalue weighted by Crippen LogP contribution is 2.25. The zero-order chi connectivity index (χ0) is 22.8. The molecule has 0 spiro atoms. The molecule has 0 saturated heterocycles. The number of methoxy groups -OCH3 is 1. The van der Waals surface area contributed by atoms with Gasteiger partial charge in [0.25, 0.3) is 0 Å². The summed E-state index contributed by atoms with van der Waals surface area (Å²) in [5.41, 5.74) is 4.54. The monoisotopic (exact) mass is 509 g/mol. The van der Waals surface area contributed by atoms with E-state index in [1.54, 1.807) is 36.4 Å². The van der Waals surface area contributed by atoms with Gasteiger partial charge < -0.3 is 14.8 Å². The van der Waals surface area contributed by atoms with Gasteiger partial charge in [0.1, 0.15) is 5.75 Å². The molecular formula is C21H21BrClN3O5. The third-order valence-electron chi connectivity index (χ3n) is 3.97. The quantitative estimate of drug-likeness (QED) is 0.303. The first-order chi connectivity index (χ1) is 14.8. The van der Waals surface area contributed by atoms with Gasteiger partial charge in [-0.3, -0.25) is 9.59 Å². The van der Waals surface area contributed by atoms with E-state index in [1.165, 1.54) is 13.3 Å². The number of carbonyl (C=O) groups is 3. The number of nitrogens with one attached hydrogen (secondary N) is 2. The van der Waals surface area contributed by atoms with Gasteiger partial charge in [0.15, 0.2) is 6.61 Å². The van der Waals surface area contributed by atoms with Crippen molar-refractivity contribution in [3.8, 4) is 5.75 Å². The molecule has 2 rings (SSSR count). The van der Waals surface area contributed by atoms with Gasteiger partial charge in [-0.2, -0.15) is 5.10 Å². The van der Waals surface area contributed by atoms with Crippen molar-refractivity contribution in [3.05, 3.63) is 57.0 Å². The molecule has 0 saturated carbocycles. The van der Waals surface area contributed by atoms with E-state index in [0.717, 1.165) is 5.56 Å². The summed E-state index contributed by atoms with van der Waals surface area (Å²) >= 11 is 9.36. The number of nitrogens with zero attached hydrogens (tertiary/aromatic N) is 1. The Labute approximate surface area is 193 Å². The summed E-state index contributed by atoms with van der Waals surface area (Å²) in [4.78, 5) is 35.0. The van der Waals surface area contributed by atoms with E-state index in [-0.39, 0.29) is 25.4 Å². The number of hydrogen-bond acceptors (Lipinski definition) is 6. The molecule has 0 unspecified atom stereocenters. The first-order valence-electron chi connectivity index (χ1n) is 9.15. The highest BCUT2D eigenvalue weighted by Gasteiger charge is 2.08. The molecule has 0 heterocycles. The fourth-order valence-corrected chi connectivity index (χ4v) is 2.96. The predicted molar refractivity (Wildman–Crippen MR) is 121 cm³/mol. The molecule has 2 amide bonds. The highest BCUT2D eigenvalue weighted by atomic mass is 79.9. The van der Waals surface area contributed by atoms with Gasteiger partial charge in [0.2, 0.25) is 11.8 Å². The van der Waals surface area contributed by atoms with Crippen molar-refractivity contribution >= 4 is 57.2 Å². The summed E-state index contributed by atoms with van der Waals surface area (Å²) in [6.07, 6.45) is 1.43. The van der Waals surface area contributed by atoms with Gasteiger partial charge in [-0.25, -0.2) is 10.2 Å². The molecule has 0 fully saturated rings. The van der Waals surface area contributed by atoms with Gasteiger partial charge in [-0.1, -0.05) is 17.7 Å². The maximum absolute atomic E-state index is 12.0. The molecule has 0 bridgehead atoms. The molecule has 0 aliphatic carbocycles.